The first-order valence-electron chi connectivity index (χ1n) is 6.77. The molecule has 0 aliphatic carbocycles. The Bertz CT molecular complexity index is 811. The third-order valence-electron chi connectivity index (χ3n) is 3.54. The van der Waals surface area contributed by atoms with E-state index in [2.05, 4.69) is 51.5 Å². The quantitative estimate of drug-likeness (QED) is 0.637. The minimum Gasteiger partial charge on any atom is -0.280 e. The minimum absolute atomic E-state index is 0.540. The van der Waals surface area contributed by atoms with E-state index < -0.39 is 0 Å². The highest BCUT2D eigenvalue weighted by molar-refractivity contribution is 9.10. The molecule has 0 fully saturated rings. The lowest BCUT2D eigenvalue weighted by atomic mass is 10.2. The average molecular weight is 365 g/mol. The summed E-state index contributed by atoms with van der Waals surface area (Å²) in [5.41, 5.74) is 5.23. The smallest absolute Gasteiger partial charge is 0.164 e. The van der Waals surface area contributed by atoms with Crippen LogP contribution in [0.4, 0.5) is 0 Å². The summed E-state index contributed by atoms with van der Waals surface area (Å²) < 4.78 is 3.18. The molecule has 0 unspecified atom stereocenters. The van der Waals surface area contributed by atoms with Crippen molar-refractivity contribution < 1.29 is 0 Å². The van der Waals surface area contributed by atoms with Crippen LogP contribution >= 0.6 is 27.5 Å². The fraction of sp³-hybridized carbons (Fsp3) is 0.250. The number of hydrogen-bond acceptors (Lipinski definition) is 2. The van der Waals surface area contributed by atoms with E-state index in [1.807, 2.05) is 18.3 Å². The Morgan fingerprint density at radius 1 is 1.19 bits per heavy atom. The van der Waals surface area contributed by atoms with Crippen molar-refractivity contribution in [3.63, 3.8) is 0 Å². The molecule has 5 heteroatoms. The second-order valence-electron chi connectivity index (χ2n) is 5.03. The van der Waals surface area contributed by atoms with E-state index in [0.717, 1.165) is 32.7 Å². The molecule has 21 heavy (non-hydrogen) atoms. The van der Waals surface area contributed by atoms with Gasteiger partial charge >= 0.3 is 0 Å². The molecule has 3 rings (SSSR count). The molecule has 0 bridgehead atoms. The van der Waals surface area contributed by atoms with Crippen LogP contribution < -0.4 is 0 Å². The van der Waals surface area contributed by atoms with Crippen LogP contribution in [0.1, 0.15) is 17.0 Å². The Labute approximate surface area is 137 Å². The van der Waals surface area contributed by atoms with Gasteiger partial charge < -0.3 is 0 Å². The lowest BCUT2D eigenvalue weighted by Crippen LogP contribution is -2.04. The normalized spacial score (nSPS) is 11.2. The van der Waals surface area contributed by atoms with E-state index in [1.54, 1.807) is 0 Å². The summed E-state index contributed by atoms with van der Waals surface area (Å²) in [6.45, 7) is 4.15. The number of imidazole rings is 1. The molecule has 2 aromatic heterocycles. The van der Waals surface area contributed by atoms with Crippen LogP contribution in [0.25, 0.3) is 16.9 Å². The molecular weight excluding hydrogens is 350 g/mol. The predicted octanol–water partition coefficient (Wildman–Crippen LogP) is 4.58. The number of alkyl halides is 1. The zero-order chi connectivity index (χ0) is 15.0. The van der Waals surface area contributed by atoms with Crippen LogP contribution in [0.5, 0.6) is 0 Å². The summed E-state index contributed by atoms with van der Waals surface area (Å²) in [4.78, 5) is 9.28. The molecule has 0 aliphatic rings. The van der Waals surface area contributed by atoms with E-state index in [-0.39, 0.29) is 0 Å². The van der Waals surface area contributed by atoms with E-state index in [0.29, 0.717) is 12.3 Å². The third kappa shape index (κ3) is 2.58. The molecule has 0 aliphatic heterocycles. The van der Waals surface area contributed by atoms with Crippen molar-refractivity contribution in [1.82, 2.24) is 14.5 Å². The molecule has 0 saturated carbocycles. The van der Waals surface area contributed by atoms with Gasteiger partial charge in [-0.2, -0.15) is 0 Å². The minimum atomic E-state index is 0.540. The molecule has 3 aromatic rings. The van der Waals surface area contributed by atoms with Gasteiger partial charge in [-0.3, -0.25) is 4.57 Å². The van der Waals surface area contributed by atoms with Crippen molar-refractivity contribution >= 4 is 38.7 Å². The number of fused-ring (bicyclic) bond motifs is 1. The lowest BCUT2D eigenvalue weighted by molar-refractivity contribution is 0.899. The highest BCUT2D eigenvalue weighted by Gasteiger charge is 2.16. The van der Waals surface area contributed by atoms with Gasteiger partial charge in [-0.05, 0) is 49.2 Å². The fourth-order valence-electron chi connectivity index (χ4n) is 2.51. The number of halogens is 2. The Morgan fingerprint density at radius 3 is 2.71 bits per heavy atom. The Hall–Kier alpha value is -1.39. The van der Waals surface area contributed by atoms with Gasteiger partial charge in [0.05, 0.1) is 5.69 Å². The van der Waals surface area contributed by atoms with Crippen LogP contribution in [0.2, 0.25) is 0 Å². The standard InChI is InChI=1S/C16H15BrClN3/c1-10-6-8-19-16-15(10)20-14(5-7-18)21(16)13-4-3-12(17)9-11(13)2/h3-4,6,8-9H,5,7H2,1-2H3. The largest absolute Gasteiger partial charge is 0.280 e. The van der Waals surface area contributed by atoms with E-state index in [1.165, 1.54) is 5.56 Å². The number of aromatic nitrogens is 3. The topological polar surface area (TPSA) is 30.7 Å². The Morgan fingerprint density at radius 2 is 2.00 bits per heavy atom. The Balaban J connectivity index is 2.33. The van der Waals surface area contributed by atoms with Crippen LogP contribution in [0, 0.1) is 13.8 Å². The van der Waals surface area contributed by atoms with Gasteiger partial charge in [-0.15, -0.1) is 11.6 Å². The molecule has 1 aromatic carbocycles. The first-order valence-corrected chi connectivity index (χ1v) is 8.10. The van der Waals surface area contributed by atoms with E-state index in [4.69, 9.17) is 16.6 Å². The average Bonchev–Trinajstić information content (AvgIpc) is 2.79. The summed E-state index contributed by atoms with van der Waals surface area (Å²) in [6, 6.07) is 8.21. The maximum Gasteiger partial charge on any atom is 0.164 e. The third-order valence-corrected chi connectivity index (χ3v) is 4.22. The second kappa shape index (κ2) is 5.78. The summed E-state index contributed by atoms with van der Waals surface area (Å²) in [5, 5.41) is 0. The van der Waals surface area contributed by atoms with Crippen molar-refractivity contribution in [2.24, 2.45) is 0 Å². The first kappa shape index (κ1) is 14.5. The molecule has 2 heterocycles. The first-order chi connectivity index (χ1) is 10.1. The molecule has 0 atom stereocenters. The maximum atomic E-state index is 5.95. The van der Waals surface area contributed by atoms with Crippen LogP contribution in [0.15, 0.2) is 34.9 Å². The van der Waals surface area contributed by atoms with Gasteiger partial charge in [-0.25, -0.2) is 9.97 Å². The zero-order valence-electron chi connectivity index (χ0n) is 11.9. The summed E-state index contributed by atoms with van der Waals surface area (Å²) in [7, 11) is 0. The van der Waals surface area contributed by atoms with Gasteiger partial charge in [0.25, 0.3) is 0 Å². The molecule has 0 N–H and O–H groups in total. The Kier molecular flexibility index (Phi) is 4.00. The van der Waals surface area contributed by atoms with Crippen LogP contribution in [-0.4, -0.2) is 20.4 Å². The number of hydrogen-bond donors (Lipinski definition) is 0. The molecule has 0 saturated heterocycles. The highest BCUT2D eigenvalue weighted by atomic mass is 79.9. The number of rotatable bonds is 3. The molecule has 3 nitrogen and oxygen atoms in total. The molecular formula is C16H15BrClN3. The van der Waals surface area contributed by atoms with Gasteiger partial charge in [0.15, 0.2) is 5.65 Å². The number of nitrogens with zero attached hydrogens (tertiary/aromatic N) is 3. The maximum absolute atomic E-state index is 5.95. The van der Waals surface area contributed by atoms with Crippen LogP contribution in [-0.2, 0) is 6.42 Å². The predicted molar refractivity (Wildman–Crippen MR) is 90.5 cm³/mol. The number of aryl methyl sites for hydroxylation is 3. The SMILES string of the molecule is Cc1cc(Br)ccc1-n1c(CCCl)nc2c(C)ccnc21. The number of benzene rings is 1. The highest BCUT2D eigenvalue weighted by Crippen LogP contribution is 2.26. The van der Waals surface area contributed by atoms with Crippen molar-refractivity contribution in [3.05, 3.63) is 51.9 Å². The van der Waals surface area contributed by atoms with E-state index >= 15 is 0 Å². The van der Waals surface area contributed by atoms with Crippen molar-refractivity contribution in [1.29, 1.82) is 0 Å². The van der Waals surface area contributed by atoms with Crippen molar-refractivity contribution in [2.75, 3.05) is 5.88 Å². The van der Waals surface area contributed by atoms with Gasteiger partial charge in [0.2, 0.25) is 0 Å². The summed E-state index contributed by atoms with van der Waals surface area (Å²) >= 11 is 9.46. The van der Waals surface area contributed by atoms with Crippen LogP contribution in [0.3, 0.4) is 0 Å². The number of pyridine rings is 1. The molecule has 0 amide bonds. The van der Waals surface area contributed by atoms with Gasteiger partial charge in [-0.1, -0.05) is 15.9 Å². The van der Waals surface area contributed by atoms with Crippen molar-refractivity contribution in [3.8, 4) is 5.69 Å². The fourth-order valence-corrected chi connectivity index (χ4v) is 3.16. The van der Waals surface area contributed by atoms with E-state index in [9.17, 15) is 0 Å². The molecule has 108 valence electrons. The summed E-state index contributed by atoms with van der Waals surface area (Å²) in [6.07, 6.45) is 2.54. The monoisotopic (exact) mass is 363 g/mol. The molecule has 0 spiro atoms. The lowest BCUT2D eigenvalue weighted by Gasteiger charge is -2.11. The van der Waals surface area contributed by atoms with Gasteiger partial charge in [0.1, 0.15) is 11.3 Å². The molecule has 0 radical (unpaired) electrons. The second-order valence-corrected chi connectivity index (χ2v) is 6.33. The zero-order valence-corrected chi connectivity index (χ0v) is 14.2. The van der Waals surface area contributed by atoms with Gasteiger partial charge in [0, 0.05) is 23.0 Å². The summed E-state index contributed by atoms with van der Waals surface area (Å²) in [5.74, 6) is 1.49. The van der Waals surface area contributed by atoms with Crippen molar-refractivity contribution in [2.45, 2.75) is 20.3 Å².